The fraction of sp³-hybridized carbons (Fsp3) is 0.500. The number of aliphatic hydroxyl groups excluding tert-OH is 1. The van der Waals surface area contributed by atoms with E-state index >= 15 is 0 Å². The van der Waals surface area contributed by atoms with Gasteiger partial charge in [0.2, 0.25) is 10.0 Å². The molecule has 25 heavy (non-hydrogen) atoms. The molecule has 0 bridgehead atoms. The van der Waals surface area contributed by atoms with Crippen LogP contribution in [0.5, 0.6) is 0 Å². The Bertz CT molecular complexity index is 730. The Hall–Kier alpha value is -1.70. The largest absolute Gasteiger partial charge is 0.466 e. The van der Waals surface area contributed by atoms with Gasteiger partial charge >= 0.3 is 5.97 Å². The van der Waals surface area contributed by atoms with E-state index in [9.17, 15) is 18.3 Å². The van der Waals surface area contributed by atoms with Crippen LogP contribution < -0.4 is 4.72 Å². The van der Waals surface area contributed by atoms with Crippen molar-refractivity contribution < 1.29 is 23.1 Å². The molecule has 7 heteroatoms. The number of esters is 1. The van der Waals surface area contributed by atoms with E-state index in [2.05, 4.69) is 9.46 Å². The van der Waals surface area contributed by atoms with E-state index in [4.69, 9.17) is 0 Å². The number of ether oxygens (including phenoxy) is 1. The molecule has 0 aromatic heterocycles. The smallest absolute Gasteiger partial charge is 0.330 e. The van der Waals surface area contributed by atoms with Gasteiger partial charge in [0.15, 0.2) is 0 Å². The van der Waals surface area contributed by atoms with Gasteiger partial charge < -0.3 is 9.84 Å². The lowest BCUT2D eigenvalue weighted by molar-refractivity contribution is -0.134. The van der Waals surface area contributed by atoms with Crippen molar-refractivity contribution >= 4 is 16.0 Å². The highest BCUT2D eigenvalue weighted by molar-refractivity contribution is 7.89. The highest BCUT2D eigenvalue weighted by Crippen LogP contribution is 2.23. The van der Waals surface area contributed by atoms with Crippen LogP contribution in [0.3, 0.4) is 0 Å². The lowest BCUT2D eigenvalue weighted by Crippen LogP contribution is -2.46. The first-order valence-electron chi connectivity index (χ1n) is 8.04. The second-order valence-corrected chi connectivity index (χ2v) is 8.14. The molecule has 0 radical (unpaired) electrons. The molecule has 0 heterocycles. The lowest BCUT2D eigenvalue weighted by Gasteiger charge is -2.26. The predicted molar refractivity (Wildman–Crippen MR) is 96.8 cm³/mol. The van der Waals surface area contributed by atoms with Crippen LogP contribution in [-0.2, 0) is 19.6 Å². The maximum Gasteiger partial charge on any atom is 0.330 e. The zero-order valence-electron chi connectivity index (χ0n) is 15.5. The quantitative estimate of drug-likeness (QED) is 0.566. The average molecular weight is 369 g/mol. The summed E-state index contributed by atoms with van der Waals surface area (Å²) in [5.74, 6) is -0.812. The summed E-state index contributed by atoms with van der Waals surface area (Å²) in [6.07, 6.45) is 1.14. The minimum Gasteiger partial charge on any atom is -0.466 e. The topological polar surface area (TPSA) is 92.7 Å². The van der Waals surface area contributed by atoms with Gasteiger partial charge in [-0.15, -0.1) is 0 Å². The number of hydrogen-bond acceptors (Lipinski definition) is 5. The molecule has 0 fully saturated rings. The standard InChI is InChI=1S/C18H27NO5S/c1-11(2)17(15(20)7-8-16(21)24-6)19-25(22,23)18-13(4)9-12(3)10-14(18)5/h7-11,15,17,19-20H,1-6H3/b8-7+/t15-,17-/m0/s1. The van der Waals surface area contributed by atoms with Crippen molar-refractivity contribution in [3.8, 4) is 0 Å². The van der Waals surface area contributed by atoms with Gasteiger partial charge in [0.25, 0.3) is 0 Å². The van der Waals surface area contributed by atoms with Crippen LogP contribution in [0.15, 0.2) is 29.2 Å². The number of nitrogens with one attached hydrogen (secondary N) is 1. The molecule has 1 aromatic carbocycles. The van der Waals surface area contributed by atoms with Crippen LogP contribution >= 0.6 is 0 Å². The number of sulfonamides is 1. The van der Waals surface area contributed by atoms with Crippen molar-refractivity contribution in [3.63, 3.8) is 0 Å². The summed E-state index contributed by atoms with van der Waals surface area (Å²) < 4.78 is 32.8. The highest BCUT2D eigenvalue weighted by atomic mass is 32.2. The summed E-state index contributed by atoms with van der Waals surface area (Å²) in [5.41, 5.74) is 2.27. The first-order chi connectivity index (χ1) is 11.5. The number of benzene rings is 1. The molecule has 0 aliphatic rings. The van der Waals surface area contributed by atoms with E-state index < -0.39 is 28.1 Å². The molecule has 140 valence electrons. The minimum atomic E-state index is -3.83. The van der Waals surface area contributed by atoms with Crippen molar-refractivity contribution in [3.05, 3.63) is 41.0 Å². The molecule has 0 saturated carbocycles. The Balaban J connectivity index is 3.17. The van der Waals surface area contributed by atoms with Gasteiger partial charge in [-0.05, 0) is 43.9 Å². The molecule has 1 aromatic rings. The first-order valence-corrected chi connectivity index (χ1v) is 9.52. The molecule has 0 spiro atoms. The van der Waals surface area contributed by atoms with Crippen LogP contribution in [0.1, 0.15) is 30.5 Å². The normalized spacial score (nSPS) is 14.7. The second-order valence-electron chi connectivity index (χ2n) is 6.49. The number of rotatable bonds is 7. The summed E-state index contributed by atoms with van der Waals surface area (Å²) >= 11 is 0. The Morgan fingerprint density at radius 3 is 2.16 bits per heavy atom. The van der Waals surface area contributed by atoms with Crippen molar-refractivity contribution in [2.75, 3.05) is 7.11 Å². The Kier molecular flexibility index (Phi) is 7.34. The van der Waals surface area contributed by atoms with Gasteiger partial charge in [0.05, 0.1) is 24.2 Å². The van der Waals surface area contributed by atoms with Crippen molar-refractivity contribution in [1.82, 2.24) is 4.72 Å². The zero-order valence-corrected chi connectivity index (χ0v) is 16.3. The molecular formula is C18H27NO5S. The molecule has 2 atom stereocenters. The minimum absolute atomic E-state index is 0.196. The van der Waals surface area contributed by atoms with Crippen molar-refractivity contribution in [2.24, 2.45) is 5.92 Å². The lowest BCUT2D eigenvalue weighted by atomic mass is 9.99. The van der Waals surface area contributed by atoms with Crippen LogP contribution in [0, 0.1) is 26.7 Å². The van der Waals surface area contributed by atoms with Crippen molar-refractivity contribution in [2.45, 2.75) is 51.7 Å². The van der Waals surface area contributed by atoms with Crippen molar-refractivity contribution in [1.29, 1.82) is 0 Å². The average Bonchev–Trinajstić information content (AvgIpc) is 2.48. The molecule has 0 saturated heterocycles. The summed E-state index contributed by atoms with van der Waals surface area (Å²) in [5, 5.41) is 10.3. The maximum absolute atomic E-state index is 12.9. The predicted octanol–water partition coefficient (Wildman–Crippen LogP) is 2.00. The number of methoxy groups -OCH3 is 1. The van der Waals surface area contributed by atoms with Gasteiger partial charge in [-0.25, -0.2) is 17.9 Å². The second kappa shape index (κ2) is 8.60. The molecule has 0 amide bonds. The molecule has 0 aliphatic carbocycles. The van der Waals surface area contributed by atoms with E-state index in [0.29, 0.717) is 11.1 Å². The fourth-order valence-corrected chi connectivity index (χ4v) is 4.65. The Morgan fingerprint density at radius 2 is 1.72 bits per heavy atom. The summed E-state index contributed by atoms with van der Waals surface area (Å²) in [4.78, 5) is 11.4. The SMILES string of the molecule is COC(=O)/C=C/[C@H](O)[C@@H](NS(=O)(=O)c1c(C)cc(C)cc1C)C(C)C. The first kappa shape index (κ1) is 21.3. The summed E-state index contributed by atoms with van der Waals surface area (Å²) in [6, 6.07) is 2.82. The number of carbonyl (C=O) groups is 1. The third-order valence-corrected chi connectivity index (χ3v) is 5.65. The van der Waals surface area contributed by atoms with Crippen LogP contribution in [0.4, 0.5) is 0 Å². The van der Waals surface area contributed by atoms with E-state index in [1.54, 1.807) is 39.8 Å². The number of aliphatic hydroxyl groups is 1. The molecule has 1 rings (SSSR count). The van der Waals surface area contributed by atoms with Gasteiger partial charge in [-0.2, -0.15) is 0 Å². The van der Waals surface area contributed by atoms with Crippen LogP contribution in [0.2, 0.25) is 0 Å². The molecule has 6 nitrogen and oxygen atoms in total. The van der Waals surface area contributed by atoms with Gasteiger partial charge in [-0.3, -0.25) is 0 Å². The summed E-state index contributed by atoms with van der Waals surface area (Å²) in [7, 11) is -2.61. The monoisotopic (exact) mass is 369 g/mol. The maximum atomic E-state index is 12.9. The van der Waals surface area contributed by atoms with Gasteiger partial charge in [0.1, 0.15) is 0 Å². The zero-order chi connectivity index (χ0) is 19.4. The van der Waals surface area contributed by atoms with E-state index in [1.807, 2.05) is 6.92 Å². The fourth-order valence-electron chi connectivity index (χ4n) is 2.79. The van der Waals surface area contributed by atoms with Gasteiger partial charge in [0, 0.05) is 6.08 Å². The van der Waals surface area contributed by atoms with Crippen LogP contribution in [-0.4, -0.2) is 38.7 Å². The number of hydrogen-bond donors (Lipinski definition) is 2. The Labute approximate surface area is 150 Å². The van der Waals surface area contributed by atoms with E-state index in [0.717, 1.165) is 11.6 Å². The van der Waals surface area contributed by atoms with Gasteiger partial charge in [-0.1, -0.05) is 31.5 Å². The molecule has 2 N–H and O–H groups in total. The third-order valence-electron chi connectivity index (χ3n) is 3.88. The third kappa shape index (κ3) is 5.66. The van der Waals surface area contributed by atoms with E-state index in [1.165, 1.54) is 13.2 Å². The number of carbonyl (C=O) groups excluding carboxylic acids is 1. The van der Waals surface area contributed by atoms with Crippen LogP contribution in [0.25, 0.3) is 0 Å². The highest BCUT2D eigenvalue weighted by Gasteiger charge is 2.29. The van der Waals surface area contributed by atoms with E-state index in [-0.39, 0.29) is 10.8 Å². The molecular weight excluding hydrogens is 342 g/mol. The molecule has 0 unspecified atom stereocenters. The Morgan fingerprint density at radius 1 is 1.20 bits per heavy atom. The molecule has 0 aliphatic heterocycles. The number of aryl methyl sites for hydroxylation is 3. The summed E-state index contributed by atoms with van der Waals surface area (Å²) in [6.45, 7) is 8.97.